The SMILES string of the molecule is O=S(=O)(NCC(F)(F)F)N1CCCC(CCO)C1. The average molecular weight is 290 g/mol. The van der Waals surface area contributed by atoms with Crippen LogP contribution in [-0.2, 0) is 10.2 Å². The van der Waals surface area contributed by atoms with E-state index in [2.05, 4.69) is 0 Å². The Labute approximate surface area is 104 Å². The lowest BCUT2D eigenvalue weighted by Crippen LogP contribution is -2.48. The van der Waals surface area contributed by atoms with E-state index in [1.807, 2.05) is 0 Å². The van der Waals surface area contributed by atoms with Crippen LogP contribution in [0.25, 0.3) is 0 Å². The Bertz CT molecular complexity index is 357. The van der Waals surface area contributed by atoms with E-state index in [1.54, 1.807) is 4.72 Å². The molecule has 9 heteroatoms. The molecule has 0 aromatic rings. The first-order valence-corrected chi connectivity index (χ1v) is 7.11. The van der Waals surface area contributed by atoms with Crippen LogP contribution in [0.15, 0.2) is 0 Å². The van der Waals surface area contributed by atoms with Gasteiger partial charge in [-0.25, -0.2) is 0 Å². The van der Waals surface area contributed by atoms with Gasteiger partial charge in [0, 0.05) is 19.7 Å². The summed E-state index contributed by atoms with van der Waals surface area (Å²) in [4.78, 5) is 0. The highest BCUT2D eigenvalue weighted by Crippen LogP contribution is 2.21. The van der Waals surface area contributed by atoms with Gasteiger partial charge in [0.25, 0.3) is 10.2 Å². The normalized spacial score (nSPS) is 23.2. The van der Waals surface area contributed by atoms with E-state index >= 15 is 0 Å². The number of halogens is 3. The second kappa shape index (κ2) is 6.18. The first kappa shape index (κ1) is 15.7. The van der Waals surface area contributed by atoms with Crippen LogP contribution in [0, 0.1) is 5.92 Å². The van der Waals surface area contributed by atoms with Crippen molar-refractivity contribution in [2.45, 2.75) is 25.4 Å². The van der Waals surface area contributed by atoms with E-state index in [1.165, 1.54) is 0 Å². The molecule has 1 atom stereocenters. The van der Waals surface area contributed by atoms with Crippen LogP contribution in [0.4, 0.5) is 13.2 Å². The maximum atomic E-state index is 12.0. The van der Waals surface area contributed by atoms with Crippen molar-refractivity contribution in [1.29, 1.82) is 0 Å². The molecule has 18 heavy (non-hydrogen) atoms. The Kier molecular flexibility index (Phi) is 5.38. The predicted octanol–water partition coefficient (Wildman–Crippen LogP) is 0.478. The lowest BCUT2D eigenvalue weighted by atomic mass is 9.97. The summed E-state index contributed by atoms with van der Waals surface area (Å²) in [5.41, 5.74) is 0. The van der Waals surface area contributed by atoms with Crippen molar-refractivity contribution in [3.63, 3.8) is 0 Å². The first-order chi connectivity index (χ1) is 8.24. The lowest BCUT2D eigenvalue weighted by molar-refractivity contribution is -0.121. The summed E-state index contributed by atoms with van der Waals surface area (Å²) in [6, 6.07) is 0. The molecule has 0 bridgehead atoms. The quantitative estimate of drug-likeness (QED) is 0.773. The van der Waals surface area contributed by atoms with Crippen LogP contribution in [0.5, 0.6) is 0 Å². The van der Waals surface area contributed by atoms with E-state index in [-0.39, 0.29) is 25.6 Å². The van der Waals surface area contributed by atoms with E-state index < -0.39 is 22.9 Å². The van der Waals surface area contributed by atoms with E-state index in [0.717, 1.165) is 10.7 Å². The Morgan fingerprint density at radius 3 is 2.61 bits per heavy atom. The predicted molar refractivity (Wildman–Crippen MR) is 59.0 cm³/mol. The Morgan fingerprint density at radius 1 is 1.39 bits per heavy atom. The van der Waals surface area contributed by atoms with E-state index in [0.29, 0.717) is 12.8 Å². The van der Waals surface area contributed by atoms with Gasteiger partial charge in [0.15, 0.2) is 0 Å². The molecular weight excluding hydrogens is 273 g/mol. The molecule has 1 rings (SSSR count). The average Bonchev–Trinajstić information content (AvgIpc) is 2.27. The Morgan fingerprint density at radius 2 is 2.06 bits per heavy atom. The first-order valence-electron chi connectivity index (χ1n) is 5.67. The van der Waals surface area contributed by atoms with Gasteiger partial charge in [-0.2, -0.15) is 30.6 Å². The number of piperidine rings is 1. The number of nitrogens with one attached hydrogen (secondary N) is 1. The standard InChI is InChI=1S/C9H17F3N2O3S/c10-9(11,12)7-13-18(16,17)14-4-1-2-8(6-14)3-5-15/h8,13,15H,1-7H2. The smallest absolute Gasteiger partial charge is 0.396 e. The minimum Gasteiger partial charge on any atom is -0.396 e. The molecule has 1 saturated heterocycles. The van der Waals surface area contributed by atoms with Gasteiger partial charge >= 0.3 is 6.18 Å². The molecule has 0 spiro atoms. The molecule has 2 N–H and O–H groups in total. The maximum Gasteiger partial charge on any atom is 0.402 e. The fourth-order valence-corrected chi connectivity index (χ4v) is 3.23. The summed E-state index contributed by atoms with van der Waals surface area (Å²) in [6.07, 6.45) is -2.72. The highest BCUT2D eigenvalue weighted by molar-refractivity contribution is 7.87. The van der Waals surface area contributed by atoms with Crippen LogP contribution in [0.2, 0.25) is 0 Å². The zero-order chi connectivity index (χ0) is 13.8. The van der Waals surface area contributed by atoms with Crippen LogP contribution in [0.3, 0.4) is 0 Å². The Hall–Kier alpha value is -0.380. The Balaban J connectivity index is 2.56. The molecule has 1 fully saturated rings. The lowest BCUT2D eigenvalue weighted by Gasteiger charge is -2.31. The van der Waals surface area contributed by atoms with Crippen molar-refractivity contribution in [2.75, 3.05) is 26.2 Å². The molecule has 1 heterocycles. The number of aliphatic hydroxyl groups is 1. The highest BCUT2D eigenvalue weighted by Gasteiger charge is 2.33. The molecule has 0 saturated carbocycles. The van der Waals surface area contributed by atoms with Gasteiger partial charge in [0.1, 0.15) is 6.54 Å². The summed E-state index contributed by atoms with van der Waals surface area (Å²) >= 11 is 0. The van der Waals surface area contributed by atoms with Crippen molar-refractivity contribution in [3.05, 3.63) is 0 Å². The summed E-state index contributed by atoms with van der Waals surface area (Å²) < 4.78 is 61.7. The molecule has 108 valence electrons. The van der Waals surface area contributed by atoms with Crippen molar-refractivity contribution in [1.82, 2.24) is 9.03 Å². The van der Waals surface area contributed by atoms with Gasteiger partial charge in [-0.05, 0) is 25.2 Å². The topological polar surface area (TPSA) is 69.6 Å². The third kappa shape index (κ3) is 5.09. The van der Waals surface area contributed by atoms with Crippen molar-refractivity contribution in [2.24, 2.45) is 5.92 Å². The van der Waals surface area contributed by atoms with Gasteiger partial charge < -0.3 is 5.11 Å². The van der Waals surface area contributed by atoms with Gasteiger partial charge in [-0.15, -0.1) is 0 Å². The molecule has 0 radical (unpaired) electrons. The van der Waals surface area contributed by atoms with Gasteiger partial charge in [-0.1, -0.05) is 0 Å². The molecule has 1 aliphatic heterocycles. The summed E-state index contributed by atoms with van der Waals surface area (Å²) in [5, 5.41) is 8.79. The zero-order valence-electron chi connectivity index (χ0n) is 9.78. The van der Waals surface area contributed by atoms with Crippen molar-refractivity contribution >= 4 is 10.2 Å². The van der Waals surface area contributed by atoms with Crippen molar-refractivity contribution in [3.8, 4) is 0 Å². The third-order valence-corrected chi connectivity index (χ3v) is 4.33. The number of hydrogen-bond acceptors (Lipinski definition) is 3. The molecule has 0 aliphatic carbocycles. The summed E-state index contributed by atoms with van der Waals surface area (Å²) in [6.45, 7) is -1.23. The van der Waals surface area contributed by atoms with Crippen LogP contribution < -0.4 is 4.72 Å². The molecule has 0 amide bonds. The molecule has 0 aromatic carbocycles. The van der Waals surface area contributed by atoms with Gasteiger partial charge in [0.2, 0.25) is 0 Å². The second-order valence-corrected chi connectivity index (χ2v) is 6.08. The molecule has 0 aromatic heterocycles. The van der Waals surface area contributed by atoms with E-state index in [9.17, 15) is 21.6 Å². The number of alkyl halides is 3. The summed E-state index contributed by atoms with van der Waals surface area (Å²) in [5.74, 6) is 0.00575. The fraction of sp³-hybridized carbons (Fsp3) is 1.00. The third-order valence-electron chi connectivity index (χ3n) is 2.81. The number of rotatable bonds is 5. The van der Waals surface area contributed by atoms with Crippen LogP contribution in [0.1, 0.15) is 19.3 Å². The molecule has 1 unspecified atom stereocenters. The molecule has 1 aliphatic rings. The van der Waals surface area contributed by atoms with E-state index in [4.69, 9.17) is 5.11 Å². The molecule has 5 nitrogen and oxygen atoms in total. The minimum absolute atomic E-state index is 0.00575. The van der Waals surface area contributed by atoms with Crippen LogP contribution >= 0.6 is 0 Å². The van der Waals surface area contributed by atoms with Gasteiger partial charge in [-0.3, -0.25) is 0 Å². The highest BCUT2D eigenvalue weighted by atomic mass is 32.2. The number of nitrogens with zero attached hydrogens (tertiary/aromatic N) is 1. The fourth-order valence-electron chi connectivity index (χ4n) is 1.93. The number of hydrogen-bond donors (Lipinski definition) is 2. The second-order valence-electron chi connectivity index (χ2n) is 4.32. The monoisotopic (exact) mass is 290 g/mol. The summed E-state index contributed by atoms with van der Waals surface area (Å²) in [7, 11) is -4.09. The maximum absolute atomic E-state index is 12.0. The largest absolute Gasteiger partial charge is 0.402 e. The number of aliphatic hydroxyl groups excluding tert-OH is 1. The van der Waals surface area contributed by atoms with Gasteiger partial charge in [0.05, 0.1) is 0 Å². The minimum atomic E-state index is -4.56. The molecular formula is C9H17F3N2O3S. The zero-order valence-corrected chi connectivity index (χ0v) is 10.6. The van der Waals surface area contributed by atoms with Crippen LogP contribution in [-0.4, -0.2) is 50.2 Å². The van der Waals surface area contributed by atoms with Crippen molar-refractivity contribution < 1.29 is 26.7 Å².